The van der Waals surface area contributed by atoms with Crippen molar-refractivity contribution in [1.82, 2.24) is 25.8 Å². The average Bonchev–Trinajstić information content (AvgIpc) is 2.92. The van der Waals surface area contributed by atoms with Crippen molar-refractivity contribution in [3.63, 3.8) is 0 Å². The van der Waals surface area contributed by atoms with Gasteiger partial charge >= 0.3 is 0 Å². The standard InChI is InChI=1S/C28H53N5O8/c1-23(2)13-7-4-10-21-32(40)27(37)16-14-26(36)30-19-9-6-12-22-33(41)28(38)17-15-25(35)29-18-8-5-11-20-31(39)24(3)34/h23,39-41H,4-22H2,1-3H3,(H,29,35)(H,30,36). The Morgan fingerprint density at radius 3 is 1.34 bits per heavy atom. The Morgan fingerprint density at radius 1 is 0.561 bits per heavy atom. The van der Waals surface area contributed by atoms with E-state index in [4.69, 9.17) is 0 Å². The number of nitrogens with zero attached hydrogens (tertiary/aromatic N) is 3. The fraction of sp³-hybridized carbons (Fsp3) is 0.821. The molecule has 238 valence electrons. The molecule has 0 saturated carbocycles. The van der Waals surface area contributed by atoms with E-state index < -0.39 is 17.7 Å². The lowest BCUT2D eigenvalue weighted by Crippen LogP contribution is -2.31. The summed E-state index contributed by atoms with van der Waals surface area (Å²) in [5.41, 5.74) is 0. The first-order valence-corrected chi connectivity index (χ1v) is 14.9. The van der Waals surface area contributed by atoms with Gasteiger partial charge in [0.15, 0.2) is 0 Å². The van der Waals surface area contributed by atoms with E-state index in [0.29, 0.717) is 66.3 Å². The van der Waals surface area contributed by atoms with E-state index in [9.17, 15) is 39.6 Å². The number of hydrogen-bond donors (Lipinski definition) is 5. The number of nitrogens with one attached hydrogen (secondary N) is 2. The zero-order valence-electron chi connectivity index (χ0n) is 25.2. The van der Waals surface area contributed by atoms with Crippen molar-refractivity contribution in [2.45, 2.75) is 111 Å². The highest BCUT2D eigenvalue weighted by molar-refractivity contribution is 5.83. The van der Waals surface area contributed by atoms with Crippen molar-refractivity contribution in [3.05, 3.63) is 0 Å². The van der Waals surface area contributed by atoms with Crippen molar-refractivity contribution in [3.8, 4) is 0 Å². The molecular weight excluding hydrogens is 534 g/mol. The second-order valence-electron chi connectivity index (χ2n) is 10.7. The van der Waals surface area contributed by atoms with Crippen LogP contribution in [0.3, 0.4) is 0 Å². The van der Waals surface area contributed by atoms with Crippen LogP contribution < -0.4 is 10.6 Å². The van der Waals surface area contributed by atoms with Gasteiger partial charge in [-0.3, -0.25) is 39.6 Å². The third kappa shape index (κ3) is 22.6. The van der Waals surface area contributed by atoms with Gasteiger partial charge in [-0.2, -0.15) is 0 Å². The number of unbranched alkanes of at least 4 members (excludes halogenated alkanes) is 6. The first kappa shape index (κ1) is 38.2. The van der Waals surface area contributed by atoms with E-state index in [0.717, 1.165) is 32.1 Å². The normalized spacial score (nSPS) is 10.8. The fourth-order valence-corrected chi connectivity index (χ4v) is 3.86. The predicted molar refractivity (Wildman–Crippen MR) is 152 cm³/mol. The zero-order valence-corrected chi connectivity index (χ0v) is 25.2. The highest BCUT2D eigenvalue weighted by atomic mass is 16.5. The quantitative estimate of drug-likeness (QED) is 0.0649. The van der Waals surface area contributed by atoms with Crippen molar-refractivity contribution in [1.29, 1.82) is 0 Å². The molecule has 0 aromatic rings. The SMILES string of the molecule is CC(=O)N(O)CCCCCNC(=O)CCC(=O)N(O)CCCCCNC(=O)CCC(=O)N(O)CCCCCC(C)C. The van der Waals surface area contributed by atoms with Crippen LogP contribution in [0.25, 0.3) is 0 Å². The van der Waals surface area contributed by atoms with Crippen LogP contribution in [0.5, 0.6) is 0 Å². The third-order valence-corrected chi connectivity index (χ3v) is 6.46. The van der Waals surface area contributed by atoms with Gasteiger partial charge < -0.3 is 10.6 Å². The summed E-state index contributed by atoms with van der Waals surface area (Å²) in [4.78, 5) is 58.7. The lowest BCUT2D eigenvalue weighted by atomic mass is 10.1. The molecule has 0 aliphatic rings. The van der Waals surface area contributed by atoms with Crippen LogP contribution in [0.2, 0.25) is 0 Å². The Morgan fingerprint density at radius 2 is 0.951 bits per heavy atom. The van der Waals surface area contributed by atoms with E-state index in [1.807, 2.05) is 0 Å². The molecule has 13 nitrogen and oxygen atoms in total. The number of hydrogen-bond acceptors (Lipinski definition) is 8. The van der Waals surface area contributed by atoms with E-state index in [-0.39, 0.29) is 57.1 Å². The Labute approximate surface area is 244 Å². The van der Waals surface area contributed by atoms with Gasteiger partial charge in [0.1, 0.15) is 0 Å². The second-order valence-corrected chi connectivity index (χ2v) is 10.7. The van der Waals surface area contributed by atoms with E-state index >= 15 is 0 Å². The molecule has 0 bridgehead atoms. The largest absolute Gasteiger partial charge is 0.356 e. The summed E-state index contributed by atoms with van der Waals surface area (Å²) < 4.78 is 0. The van der Waals surface area contributed by atoms with Crippen molar-refractivity contribution < 1.29 is 39.6 Å². The summed E-state index contributed by atoms with van der Waals surface area (Å²) >= 11 is 0. The highest BCUT2D eigenvalue weighted by Gasteiger charge is 2.14. The minimum Gasteiger partial charge on any atom is -0.356 e. The summed E-state index contributed by atoms with van der Waals surface area (Å²) in [6, 6.07) is 0. The van der Waals surface area contributed by atoms with Crippen molar-refractivity contribution >= 4 is 29.5 Å². The van der Waals surface area contributed by atoms with Crippen LogP contribution >= 0.6 is 0 Å². The summed E-state index contributed by atoms with van der Waals surface area (Å²) in [7, 11) is 0. The van der Waals surface area contributed by atoms with Crippen molar-refractivity contribution in [2.75, 3.05) is 32.7 Å². The lowest BCUT2D eigenvalue weighted by molar-refractivity contribution is -0.166. The Bertz CT molecular complexity index is 781. The molecule has 41 heavy (non-hydrogen) atoms. The Hall–Kier alpha value is -2.77. The first-order chi connectivity index (χ1) is 19.4. The summed E-state index contributed by atoms with van der Waals surface area (Å²) in [6.45, 7) is 7.05. The topological polar surface area (TPSA) is 180 Å². The molecular formula is C28H53N5O8. The van der Waals surface area contributed by atoms with E-state index in [1.165, 1.54) is 6.92 Å². The average molecular weight is 588 g/mol. The summed E-state index contributed by atoms with van der Waals surface area (Å²) in [5, 5.41) is 36.3. The fourth-order valence-electron chi connectivity index (χ4n) is 3.86. The van der Waals surface area contributed by atoms with Gasteiger partial charge in [0.25, 0.3) is 0 Å². The molecule has 5 N–H and O–H groups in total. The van der Waals surface area contributed by atoms with Gasteiger partial charge in [0.05, 0.1) is 0 Å². The maximum atomic E-state index is 12.0. The third-order valence-electron chi connectivity index (χ3n) is 6.46. The molecule has 0 atom stereocenters. The van der Waals surface area contributed by atoms with Crippen LogP contribution in [-0.2, 0) is 24.0 Å². The van der Waals surface area contributed by atoms with Gasteiger partial charge in [0, 0.05) is 65.3 Å². The molecule has 0 unspecified atom stereocenters. The van der Waals surface area contributed by atoms with Crippen molar-refractivity contribution in [2.24, 2.45) is 5.92 Å². The summed E-state index contributed by atoms with van der Waals surface area (Å²) in [6.07, 6.45) is 7.48. The number of carbonyl (C=O) groups is 5. The van der Waals surface area contributed by atoms with Gasteiger partial charge in [-0.25, -0.2) is 15.2 Å². The van der Waals surface area contributed by atoms with Gasteiger partial charge in [-0.1, -0.05) is 33.1 Å². The maximum Gasteiger partial charge on any atom is 0.246 e. The van der Waals surface area contributed by atoms with E-state index in [1.54, 1.807) is 0 Å². The van der Waals surface area contributed by atoms with Crippen LogP contribution in [0.4, 0.5) is 0 Å². The van der Waals surface area contributed by atoms with Gasteiger partial charge in [0.2, 0.25) is 29.5 Å². The summed E-state index contributed by atoms with van der Waals surface area (Å²) in [5.74, 6) is -1.35. The molecule has 0 aromatic heterocycles. The number of amides is 5. The molecule has 0 aliphatic heterocycles. The molecule has 0 radical (unpaired) electrons. The molecule has 0 spiro atoms. The molecule has 0 saturated heterocycles. The number of hydroxylamine groups is 6. The minimum absolute atomic E-state index is 0.000677. The van der Waals surface area contributed by atoms with Crippen LogP contribution in [0, 0.1) is 5.92 Å². The van der Waals surface area contributed by atoms with Gasteiger partial charge in [-0.15, -0.1) is 0 Å². The molecule has 0 rings (SSSR count). The molecule has 0 aliphatic carbocycles. The van der Waals surface area contributed by atoms with Gasteiger partial charge in [-0.05, 0) is 50.9 Å². The van der Waals surface area contributed by atoms with Crippen LogP contribution in [0.15, 0.2) is 0 Å². The Balaban J connectivity index is 3.76. The maximum absolute atomic E-state index is 12.0. The molecule has 5 amide bonds. The number of carbonyl (C=O) groups excluding carboxylic acids is 5. The molecule has 0 fully saturated rings. The smallest absolute Gasteiger partial charge is 0.246 e. The lowest BCUT2D eigenvalue weighted by Gasteiger charge is -2.15. The monoisotopic (exact) mass is 587 g/mol. The molecule has 0 aromatic carbocycles. The first-order valence-electron chi connectivity index (χ1n) is 14.9. The van der Waals surface area contributed by atoms with Crippen LogP contribution in [0.1, 0.15) is 111 Å². The minimum atomic E-state index is -0.543. The Kier molecular flexibility index (Phi) is 22.3. The second kappa shape index (κ2) is 23.9. The van der Waals surface area contributed by atoms with Crippen LogP contribution in [-0.4, -0.2) is 93.1 Å². The number of rotatable bonds is 24. The highest BCUT2D eigenvalue weighted by Crippen LogP contribution is 2.09. The zero-order chi connectivity index (χ0) is 31.0. The predicted octanol–water partition coefficient (Wildman–Crippen LogP) is 3.01. The van der Waals surface area contributed by atoms with E-state index in [2.05, 4.69) is 24.5 Å². The molecule has 13 heteroatoms. The molecule has 0 heterocycles.